The highest BCUT2D eigenvalue weighted by atomic mass is 79.9. The van der Waals surface area contributed by atoms with E-state index in [0.717, 1.165) is 29.9 Å². The zero-order valence-corrected chi connectivity index (χ0v) is 10.5. The van der Waals surface area contributed by atoms with Crippen molar-refractivity contribution in [1.82, 2.24) is 5.32 Å². The first-order valence-electron chi connectivity index (χ1n) is 5.35. The minimum atomic E-state index is 0.334. The molecule has 15 heavy (non-hydrogen) atoms. The van der Waals surface area contributed by atoms with Gasteiger partial charge in [0.2, 0.25) is 0 Å². The SMILES string of the molecule is Cc1cc(O)c(Br)cc1CC1CCNC1. The fourth-order valence-electron chi connectivity index (χ4n) is 2.13. The molecule has 1 aromatic carbocycles. The maximum atomic E-state index is 9.53. The van der Waals surface area contributed by atoms with Crippen molar-refractivity contribution >= 4 is 15.9 Å². The molecule has 1 aliphatic heterocycles. The topological polar surface area (TPSA) is 32.3 Å². The summed E-state index contributed by atoms with van der Waals surface area (Å²) in [7, 11) is 0. The van der Waals surface area contributed by atoms with Crippen LogP contribution in [0.4, 0.5) is 0 Å². The predicted octanol–water partition coefficient (Wildman–Crippen LogP) is 2.62. The maximum Gasteiger partial charge on any atom is 0.130 e. The van der Waals surface area contributed by atoms with Crippen LogP contribution in [0.5, 0.6) is 5.75 Å². The molecule has 1 heterocycles. The van der Waals surface area contributed by atoms with Crippen molar-refractivity contribution < 1.29 is 5.11 Å². The van der Waals surface area contributed by atoms with Crippen LogP contribution in [0.25, 0.3) is 0 Å². The van der Waals surface area contributed by atoms with Crippen LogP contribution in [0.3, 0.4) is 0 Å². The monoisotopic (exact) mass is 269 g/mol. The van der Waals surface area contributed by atoms with Gasteiger partial charge in [0, 0.05) is 0 Å². The van der Waals surface area contributed by atoms with E-state index in [0.29, 0.717) is 5.75 Å². The Hall–Kier alpha value is -0.540. The van der Waals surface area contributed by atoms with Crippen molar-refractivity contribution in [3.63, 3.8) is 0 Å². The minimum Gasteiger partial charge on any atom is -0.507 e. The minimum absolute atomic E-state index is 0.334. The van der Waals surface area contributed by atoms with E-state index >= 15 is 0 Å². The summed E-state index contributed by atoms with van der Waals surface area (Å²) in [5, 5.41) is 12.9. The summed E-state index contributed by atoms with van der Waals surface area (Å²) >= 11 is 3.36. The molecule has 1 unspecified atom stereocenters. The first-order chi connectivity index (χ1) is 7.16. The van der Waals surface area contributed by atoms with Gasteiger partial charge in [-0.25, -0.2) is 0 Å². The molecule has 2 rings (SSSR count). The van der Waals surface area contributed by atoms with E-state index in [4.69, 9.17) is 0 Å². The summed E-state index contributed by atoms with van der Waals surface area (Å²) in [5.74, 6) is 1.08. The highest BCUT2D eigenvalue weighted by Crippen LogP contribution is 2.29. The van der Waals surface area contributed by atoms with E-state index in [1.165, 1.54) is 17.5 Å². The predicted molar refractivity (Wildman–Crippen MR) is 65.2 cm³/mol. The number of aryl methyl sites for hydroxylation is 1. The van der Waals surface area contributed by atoms with Gasteiger partial charge in [-0.1, -0.05) is 0 Å². The van der Waals surface area contributed by atoms with Crippen molar-refractivity contribution in [2.45, 2.75) is 19.8 Å². The Morgan fingerprint density at radius 3 is 3.00 bits per heavy atom. The Labute approximate surface area is 98.8 Å². The van der Waals surface area contributed by atoms with Crippen LogP contribution in [0.15, 0.2) is 16.6 Å². The van der Waals surface area contributed by atoms with Crippen LogP contribution in [-0.4, -0.2) is 18.2 Å². The van der Waals surface area contributed by atoms with Gasteiger partial charge in [-0.15, -0.1) is 0 Å². The molecule has 0 aromatic heterocycles. The Bertz CT molecular complexity index is 359. The third kappa shape index (κ3) is 2.52. The van der Waals surface area contributed by atoms with Gasteiger partial charge in [0.05, 0.1) is 4.47 Å². The molecule has 0 amide bonds. The second kappa shape index (κ2) is 4.54. The Balaban J connectivity index is 2.16. The van der Waals surface area contributed by atoms with Crippen LogP contribution in [0.2, 0.25) is 0 Å². The van der Waals surface area contributed by atoms with Gasteiger partial charge < -0.3 is 10.4 Å². The van der Waals surface area contributed by atoms with E-state index in [2.05, 4.69) is 28.2 Å². The lowest BCUT2D eigenvalue weighted by Crippen LogP contribution is -2.11. The third-order valence-corrected chi connectivity index (χ3v) is 3.71. The molecule has 82 valence electrons. The van der Waals surface area contributed by atoms with Gasteiger partial charge in [-0.05, 0) is 78.0 Å². The molecule has 1 atom stereocenters. The van der Waals surface area contributed by atoms with Crippen molar-refractivity contribution in [3.05, 3.63) is 27.7 Å². The molecule has 0 saturated carbocycles. The van der Waals surface area contributed by atoms with Gasteiger partial charge in [0.15, 0.2) is 0 Å². The molecule has 0 aliphatic carbocycles. The van der Waals surface area contributed by atoms with E-state index in [1.54, 1.807) is 0 Å². The normalized spacial score (nSPS) is 20.8. The van der Waals surface area contributed by atoms with Crippen molar-refractivity contribution in [3.8, 4) is 5.75 Å². The number of halogens is 1. The van der Waals surface area contributed by atoms with E-state index in [1.807, 2.05) is 12.1 Å². The summed E-state index contributed by atoms with van der Waals surface area (Å²) in [6.07, 6.45) is 2.37. The zero-order chi connectivity index (χ0) is 10.8. The fraction of sp³-hybridized carbons (Fsp3) is 0.500. The molecule has 0 spiro atoms. The van der Waals surface area contributed by atoms with E-state index in [-0.39, 0.29) is 0 Å². The highest BCUT2D eigenvalue weighted by molar-refractivity contribution is 9.10. The molecular weight excluding hydrogens is 254 g/mol. The molecule has 1 aromatic rings. The van der Waals surface area contributed by atoms with Crippen LogP contribution in [0.1, 0.15) is 17.5 Å². The smallest absolute Gasteiger partial charge is 0.130 e. The number of hydrogen-bond donors (Lipinski definition) is 2. The molecule has 0 radical (unpaired) electrons. The lowest BCUT2D eigenvalue weighted by Gasteiger charge is -2.12. The first kappa shape index (κ1) is 11.0. The Morgan fingerprint density at radius 2 is 2.33 bits per heavy atom. The van der Waals surface area contributed by atoms with Crippen molar-refractivity contribution in [2.24, 2.45) is 5.92 Å². The molecule has 1 fully saturated rings. The standard InChI is InChI=1S/C12H16BrNO/c1-8-4-12(15)11(13)6-10(8)5-9-2-3-14-7-9/h4,6,9,14-15H,2-3,5,7H2,1H3. The summed E-state index contributed by atoms with van der Waals surface area (Å²) in [6.45, 7) is 4.32. The summed E-state index contributed by atoms with van der Waals surface area (Å²) < 4.78 is 0.800. The van der Waals surface area contributed by atoms with Crippen molar-refractivity contribution in [1.29, 1.82) is 0 Å². The Morgan fingerprint density at radius 1 is 1.53 bits per heavy atom. The van der Waals surface area contributed by atoms with Gasteiger partial charge in [0.1, 0.15) is 5.75 Å². The lowest BCUT2D eigenvalue weighted by molar-refractivity contribution is 0.470. The first-order valence-corrected chi connectivity index (χ1v) is 6.15. The van der Waals surface area contributed by atoms with Gasteiger partial charge in [-0.2, -0.15) is 0 Å². The molecule has 1 aliphatic rings. The summed E-state index contributed by atoms with van der Waals surface area (Å²) in [4.78, 5) is 0. The number of phenolic OH excluding ortho intramolecular Hbond substituents is 1. The number of aromatic hydroxyl groups is 1. The number of hydrogen-bond acceptors (Lipinski definition) is 2. The van der Waals surface area contributed by atoms with Gasteiger partial charge >= 0.3 is 0 Å². The summed E-state index contributed by atoms with van der Waals surface area (Å²) in [6, 6.07) is 3.88. The highest BCUT2D eigenvalue weighted by Gasteiger charge is 2.16. The molecule has 0 bridgehead atoms. The van der Waals surface area contributed by atoms with Crippen LogP contribution < -0.4 is 5.32 Å². The van der Waals surface area contributed by atoms with Crippen LogP contribution in [-0.2, 0) is 6.42 Å². The average Bonchev–Trinajstić information content (AvgIpc) is 2.67. The number of rotatable bonds is 2. The van der Waals surface area contributed by atoms with Crippen LogP contribution in [0, 0.1) is 12.8 Å². The summed E-state index contributed by atoms with van der Waals surface area (Å²) in [5.41, 5.74) is 2.52. The number of phenols is 1. The number of benzene rings is 1. The Kier molecular flexibility index (Phi) is 3.32. The quantitative estimate of drug-likeness (QED) is 0.865. The average molecular weight is 270 g/mol. The molecular formula is C12H16BrNO. The van der Waals surface area contributed by atoms with Crippen molar-refractivity contribution in [2.75, 3.05) is 13.1 Å². The zero-order valence-electron chi connectivity index (χ0n) is 8.89. The van der Waals surface area contributed by atoms with E-state index in [9.17, 15) is 5.11 Å². The maximum absolute atomic E-state index is 9.53. The molecule has 3 heteroatoms. The third-order valence-electron chi connectivity index (χ3n) is 3.08. The second-order valence-electron chi connectivity index (χ2n) is 4.29. The lowest BCUT2D eigenvalue weighted by atomic mass is 9.95. The second-order valence-corrected chi connectivity index (χ2v) is 5.15. The van der Waals surface area contributed by atoms with Crippen LogP contribution >= 0.6 is 15.9 Å². The van der Waals surface area contributed by atoms with E-state index < -0.39 is 0 Å². The number of nitrogens with one attached hydrogen (secondary N) is 1. The fourth-order valence-corrected chi connectivity index (χ4v) is 2.52. The molecule has 2 nitrogen and oxygen atoms in total. The molecule has 1 saturated heterocycles. The van der Waals surface area contributed by atoms with Gasteiger partial charge in [-0.3, -0.25) is 0 Å². The largest absolute Gasteiger partial charge is 0.507 e. The van der Waals surface area contributed by atoms with Gasteiger partial charge in [0.25, 0.3) is 0 Å². The molecule has 2 N–H and O–H groups in total.